The molecule has 0 saturated heterocycles. The van der Waals surface area contributed by atoms with Gasteiger partial charge in [-0.05, 0) is 25.8 Å². The van der Waals surface area contributed by atoms with Crippen molar-refractivity contribution in [1.82, 2.24) is 0 Å². The van der Waals surface area contributed by atoms with E-state index in [-0.39, 0.29) is 5.69 Å². The van der Waals surface area contributed by atoms with Crippen LogP contribution in [0.5, 0.6) is 5.75 Å². The van der Waals surface area contributed by atoms with Gasteiger partial charge in [-0.3, -0.25) is 10.1 Å². The molecular formula is C14H22N2O4. The van der Waals surface area contributed by atoms with Crippen LogP contribution in [0.4, 0.5) is 11.4 Å². The first-order valence-corrected chi connectivity index (χ1v) is 6.91. The highest BCUT2D eigenvalue weighted by atomic mass is 16.6. The molecule has 1 aromatic rings. The minimum atomic E-state index is -0.427. The summed E-state index contributed by atoms with van der Waals surface area (Å²) in [7, 11) is 0. The number of hydrogen-bond donors (Lipinski definition) is 1. The standard InChI is InChI=1S/C14H22N2O4/c1-3-9-20-14-11-12(6-7-13(14)16(17)18)15-8-5-10-19-4-2/h6-7,11,15H,3-5,8-10H2,1-2H3. The molecule has 0 bridgehead atoms. The Bertz CT molecular complexity index is 424. The Labute approximate surface area is 119 Å². The van der Waals surface area contributed by atoms with E-state index >= 15 is 0 Å². The second-order valence-electron chi connectivity index (χ2n) is 4.27. The van der Waals surface area contributed by atoms with Crippen LogP contribution < -0.4 is 10.1 Å². The Balaban J connectivity index is 2.61. The fraction of sp³-hybridized carbons (Fsp3) is 0.571. The van der Waals surface area contributed by atoms with Crippen molar-refractivity contribution in [3.63, 3.8) is 0 Å². The molecule has 0 atom stereocenters. The second-order valence-corrected chi connectivity index (χ2v) is 4.27. The van der Waals surface area contributed by atoms with Crippen LogP contribution in [-0.2, 0) is 4.74 Å². The van der Waals surface area contributed by atoms with Crippen LogP contribution in [0.1, 0.15) is 26.7 Å². The summed E-state index contributed by atoms with van der Waals surface area (Å²) in [5, 5.41) is 14.1. The Kier molecular flexibility index (Phi) is 7.42. The summed E-state index contributed by atoms with van der Waals surface area (Å²) in [5.74, 6) is 0.312. The first-order chi connectivity index (χ1) is 9.69. The highest BCUT2D eigenvalue weighted by Crippen LogP contribution is 2.30. The highest BCUT2D eigenvalue weighted by molar-refractivity contribution is 5.57. The van der Waals surface area contributed by atoms with Gasteiger partial charge in [-0.2, -0.15) is 0 Å². The largest absolute Gasteiger partial charge is 0.487 e. The van der Waals surface area contributed by atoms with Gasteiger partial charge >= 0.3 is 5.69 Å². The van der Waals surface area contributed by atoms with Gasteiger partial charge in [0.05, 0.1) is 11.5 Å². The number of anilines is 1. The van der Waals surface area contributed by atoms with Crippen LogP contribution in [0.2, 0.25) is 0 Å². The van der Waals surface area contributed by atoms with Gasteiger partial charge in [-0.25, -0.2) is 0 Å². The molecule has 0 radical (unpaired) electrons. The second kappa shape index (κ2) is 9.14. The zero-order valence-corrected chi connectivity index (χ0v) is 12.1. The van der Waals surface area contributed by atoms with Gasteiger partial charge in [0.2, 0.25) is 0 Å². The van der Waals surface area contributed by atoms with E-state index < -0.39 is 4.92 Å². The van der Waals surface area contributed by atoms with Gasteiger partial charge < -0.3 is 14.8 Å². The molecule has 0 aliphatic carbocycles. The summed E-state index contributed by atoms with van der Waals surface area (Å²) >= 11 is 0. The summed E-state index contributed by atoms with van der Waals surface area (Å²) in [5.41, 5.74) is 0.816. The van der Waals surface area contributed by atoms with E-state index in [0.717, 1.165) is 25.1 Å². The quantitative estimate of drug-likeness (QED) is 0.405. The van der Waals surface area contributed by atoms with Gasteiger partial charge in [0.25, 0.3) is 0 Å². The highest BCUT2D eigenvalue weighted by Gasteiger charge is 2.15. The van der Waals surface area contributed by atoms with Crippen molar-refractivity contribution in [2.24, 2.45) is 0 Å². The monoisotopic (exact) mass is 282 g/mol. The molecule has 0 unspecified atom stereocenters. The summed E-state index contributed by atoms with van der Waals surface area (Å²) in [6.45, 7) is 6.56. The molecule has 0 heterocycles. The molecule has 6 heteroatoms. The van der Waals surface area contributed by atoms with Crippen LogP contribution in [0, 0.1) is 10.1 Å². The van der Waals surface area contributed by atoms with Gasteiger partial charge in [-0.1, -0.05) is 6.92 Å². The van der Waals surface area contributed by atoms with Crippen LogP contribution in [0.15, 0.2) is 18.2 Å². The number of nitro benzene ring substituents is 1. The average Bonchev–Trinajstić information content (AvgIpc) is 2.44. The van der Waals surface area contributed by atoms with Crippen molar-refractivity contribution in [1.29, 1.82) is 0 Å². The fourth-order valence-electron chi connectivity index (χ4n) is 1.65. The molecule has 1 rings (SSSR count). The topological polar surface area (TPSA) is 73.6 Å². The van der Waals surface area contributed by atoms with E-state index in [9.17, 15) is 10.1 Å². The summed E-state index contributed by atoms with van der Waals surface area (Å²) < 4.78 is 10.7. The smallest absolute Gasteiger partial charge is 0.311 e. The number of nitrogens with one attached hydrogen (secondary N) is 1. The molecule has 6 nitrogen and oxygen atoms in total. The van der Waals surface area contributed by atoms with Crippen molar-refractivity contribution in [2.45, 2.75) is 26.7 Å². The summed E-state index contributed by atoms with van der Waals surface area (Å²) in [4.78, 5) is 10.5. The summed E-state index contributed by atoms with van der Waals surface area (Å²) in [6, 6.07) is 4.84. The molecule has 0 fully saturated rings. The molecule has 112 valence electrons. The zero-order chi connectivity index (χ0) is 14.8. The van der Waals surface area contributed by atoms with Gasteiger partial charge in [-0.15, -0.1) is 0 Å². The SMILES string of the molecule is CCCOc1cc(NCCCOCC)ccc1[N+](=O)[O-]. The average molecular weight is 282 g/mol. The van der Waals surface area contributed by atoms with Crippen LogP contribution in [0.25, 0.3) is 0 Å². The molecule has 1 N–H and O–H groups in total. The zero-order valence-electron chi connectivity index (χ0n) is 12.1. The van der Waals surface area contributed by atoms with Crippen molar-refractivity contribution in [3.8, 4) is 5.75 Å². The van der Waals surface area contributed by atoms with Crippen molar-refractivity contribution in [3.05, 3.63) is 28.3 Å². The maximum absolute atomic E-state index is 10.9. The predicted octanol–water partition coefficient (Wildman–Crippen LogP) is 3.22. The van der Waals surface area contributed by atoms with E-state index in [0.29, 0.717) is 25.6 Å². The number of benzene rings is 1. The van der Waals surface area contributed by atoms with Crippen molar-refractivity contribution < 1.29 is 14.4 Å². The first kappa shape index (κ1) is 16.2. The number of hydrogen-bond acceptors (Lipinski definition) is 5. The minimum Gasteiger partial charge on any atom is -0.487 e. The number of nitrogens with zero attached hydrogens (tertiary/aromatic N) is 1. The molecule has 0 spiro atoms. The third kappa shape index (κ3) is 5.44. The predicted molar refractivity (Wildman–Crippen MR) is 78.5 cm³/mol. The minimum absolute atomic E-state index is 0.00156. The van der Waals surface area contributed by atoms with Crippen LogP contribution in [-0.4, -0.2) is 31.3 Å². The Morgan fingerprint density at radius 3 is 2.75 bits per heavy atom. The molecule has 20 heavy (non-hydrogen) atoms. The number of ether oxygens (including phenoxy) is 2. The molecular weight excluding hydrogens is 260 g/mol. The van der Waals surface area contributed by atoms with Gasteiger partial charge in [0, 0.05) is 37.6 Å². The van der Waals surface area contributed by atoms with Gasteiger partial charge in [0.15, 0.2) is 5.75 Å². The molecule has 0 aliphatic rings. The summed E-state index contributed by atoms with van der Waals surface area (Å²) in [6.07, 6.45) is 1.69. The Hall–Kier alpha value is -1.82. The maximum Gasteiger partial charge on any atom is 0.311 e. The Morgan fingerprint density at radius 1 is 1.30 bits per heavy atom. The molecule has 0 aromatic heterocycles. The van der Waals surface area contributed by atoms with E-state index in [2.05, 4.69) is 5.32 Å². The molecule has 0 saturated carbocycles. The normalized spacial score (nSPS) is 10.3. The maximum atomic E-state index is 10.9. The van der Waals surface area contributed by atoms with Crippen LogP contribution >= 0.6 is 0 Å². The number of nitro groups is 1. The van der Waals surface area contributed by atoms with E-state index in [1.54, 1.807) is 12.1 Å². The molecule has 0 amide bonds. The fourth-order valence-corrected chi connectivity index (χ4v) is 1.65. The van der Waals surface area contributed by atoms with E-state index in [1.165, 1.54) is 6.07 Å². The lowest BCUT2D eigenvalue weighted by Gasteiger charge is -2.10. The van der Waals surface area contributed by atoms with Crippen molar-refractivity contribution in [2.75, 3.05) is 31.7 Å². The lowest BCUT2D eigenvalue weighted by atomic mass is 10.2. The van der Waals surface area contributed by atoms with E-state index in [4.69, 9.17) is 9.47 Å². The third-order valence-electron chi connectivity index (χ3n) is 2.62. The van der Waals surface area contributed by atoms with Crippen molar-refractivity contribution >= 4 is 11.4 Å². The molecule has 0 aliphatic heterocycles. The lowest BCUT2D eigenvalue weighted by Crippen LogP contribution is -2.06. The number of rotatable bonds is 10. The lowest BCUT2D eigenvalue weighted by molar-refractivity contribution is -0.385. The third-order valence-corrected chi connectivity index (χ3v) is 2.62. The van der Waals surface area contributed by atoms with Crippen LogP contribution in [0.3, 0.4) is 0 Å². The van der Waals surface area contributed by atoms with E-state index in [1.807, 2.05) is 13.8 Å². The van der Waals surface area contributed by atoms with Gasteiger partial charge in [0.1, 0.15) is 0 Å². The Morgan fingerprint density at radius 2 is 2.10 bits per heavy atom. The molecule has 1 aromatic carbocycles. The first-order valence-electron chi connectivity index (χ1n) is 6.91.